The number of methoxy groups -OCH3 is 1. The van der Waals surface area contributed by atoms with Crippen molar-refractivity contribution in [3.05, 3.63) is 70.7 Å². The molecule has 0 radical (unpaired) electrons. The van der Waals surface area contributed by atoms with E-state index in [-0.39, 0.29) is 11.3 Å². The van der Waals surface area contributed by atoms with Crippen LogP contribution in [-0.2, 0) is 5.41 Å². The predicted molar refractivity (Wildman–Crippen MR) is 136 cm³/mol. The lowest BCUT2D eigenvalue weighted by atomic mass is 9.82. The summed E-state index contributed by atoms with van der Waals surface area (Å²) < 4.78 is 11.1. The van der Waals surface area contributed by atoms with Crippen LogP contribution in [0, 0.1) is 0 Å². The molecule has 7 nitrogen and oxygen atoms in total. The summed E-state index contributed by atoms with van der Waals surface area (Å²) in [5.74, 6) is 1.40. The Bertz CT molecular complexity index is 1070. The molecule has 4 rings (SSSR count). The molecule has 180 valence electrons. The third-order valence-corrected chi connectivity index (χ3v) is 6.94. The molecule has 2 aromatic carbocycles. The summed E-state index contributed by atoms with van der Waals surface area (Å²) in [4.78, 5) is 19.8. The number of nitrogens with one attached hydrogen (secondary N) is 2. The number of anilines is 1. The molecule has 34 heavy (non-hydrogen) atoms. The monoisotopic (exact) mass is 480 g/mol. The number of hydrogen-bond acceptors (Lipinski definition) is 7. The molecule has 1 aromatic heterocycles. The van der Waals surface area contributed by atoms with Crippen molar-refractivity contribution in [2.75, 3.05) is 51.8 Å². The number of nitrogens with zero attached hydrogens (tertiary/aromatic N) is 2. The summed E-state index contributed by atoms with van der Waals surface area (Å²) in [7, 11) is 1.66. The number of rotatable bonds is 9. The maximum atomic E-state index is 12.7. The first kappa shape index (κ1) is 24.2. The number of hydrogen-bond donors (Lipinski definition) is 2. The molecule has 8 heteroatoms. The first-order chi connectivity index (χ1) is 16.5. The van der Waals surface area contributed by atoms with Crippen LogP contribution in [0.1, 0.15) is 35.5 Å². The molecule has 3 aromatic rings. The number of thiazole rings is 1. The minimum Gasteiger partial charge on any atom is -0.497 e. The third kappa shape index (κ3) is 5.94. The van der Waals surface area contributed by atoms with Gasteiger partial charge in [0.05, 0.1) is 12.8 Å². The van der Waals surface area contributed by atoms with Gasteiger partial charge >= 0.3 is 0 Å². The highest BCUT2D eigenvalue weighted by Gasteiger charge is 2.26. The normalized spacial score (nSPS) is 14.6. The molecule has 1 amide bonds. The summed E-state index contributed by atoms with van der Waals surface area (Å²) in [5.41, 5.74) is 2.31. The second kappa shape index (κ2) is 11.0. The molecule has 0 aliphatic carbocycles. The Morgan fingerprint density at radius 3 is 2.44 bits per heavy atom. The van der Waals surface area contributed by atoms with Gasteiger partial charge in [-0.3, -0.25) is 15.0 Å². The van der Waals surface area contributed by atoms with Crippen molar-refractivity contribution in [2.45, 2.75) is 19.3 Å². The Balaban J connectivity index is 1.32. The van der Waals surface area contributed by atoms with Crippen LogP contribution in [0.2, 0.25) is 0 Å². The quantitative estimate of drug-likeness (QED) is 0.482. The predicted octanol–water partition coefficient (Wildman–Crippen LogP) is 4.01. The molecule has 1 saturated heterocycles. The number of aromatic nitrogens is 1. The van der Waals surface area contributed by atoms with Crippen LogP contribution in [-0.4, -0.2) is 62.2 Å². The fourth-order valence-corrected chi connectivity index (χ4v) is 4.75. The van der Waals surface area contributed by atoms with Gasteiger partial charge in [-0.15, -0.1) is 11.3 Å². The van der Waals surface area contributed by atoms with Gasteiger partial charge in [0.2, 0.25) is 0 Å². The van der Waals surface area contributed by atoms with Gasteiger partial charge in [0.15, 0.2) is 5.13 Å². The highest BCUT2D eigenvalue weighted by molar-refractivity contribution is 7.14. The molecular formula is C26H32N4O3S. The van der Waals surface area contributed by atoms with Crippen molar-refractivity contribution in [3.8, 4) is 11.5 Å². The van der Waals surface area contributed by atoms with E-state index in [9.17, 15) is 4.79 Å². The number of carbonyl (C=O) groups is 1. The summed E-state index contributed by atoms with van der Waals surface area (Å²) in [6, 6.07) is 15.2. The minimum absolute atomic E-state index is 0.185. The van der Waals surface area contributed by atoms with E-state index in [4.69, 9.17) is 14.5 Å². The lowest BCUT2D eigenvalue weighted by Gasteiger charge is -2.26. The zero-order valence-corrected chi connectivity index (χ0v) is 20.8. The summed E-state index contributed by atoms with van der Waals surface area (Å²) in [6.45, 7) is 9.95. The molecule has 0 saturated carbocycles. The number of ether oxygens (including phenoxy) is 2. The molecule has 2 N–H and O–H groups in total. The van der Waals surface area contributed by atoms with Crippen LogP contribution in [0.15, 0.2) is 53.9 Å². The van der Waals surface area contributed by atoms with Crippen molar-refractivity contribution in [1.29, 1.82) is 0 Å². The third-order valence-electron chi connectivity index (χ3n) is 6.18. The molecule has 0 spiro atoms. The van der Waals surface area contributed by atoms with Gasteiger partial charge in [0.25, 0.3) is 5.91 Å². The zero-order chi connectivity index (χ0) is 24.0. The van der Waals surface area contributed by atoms with E-state index in [0.717, 1.165) is 55.5 Å². The van der Waals surface area contributed by atoms with Crippen molar-refractivity contribution in [3.63, 3.8) is 0 Å². The lowest BCUT2D eigenvalue weighted by molar-refractivity contribution is 0.102. The van der Waals surface area contributed by atoms with Crippen LogP contribution < -0.4 is 20.1 Å². The van der Waals surface area contributed by atoms with E-state index in [1.807, 2.05) is 41.8 Å². The number of piperazine rings is 1. The number of benzene rings is 2. The van der Waals surface area contributed by atoms with Crippen LogP contribution in [0.3, 0.4) is 0 Å². The van der Waals surface area contributed by atoms with E-state index in [1.54, 1.807) is 19.2 Å². The van der Waals surface area contributed by atoms with Crippen LogP contribution in [0.4, 0.5) is 5.13 Å². The molecular weight excluding hydrogens is 448 g/mol. The largest absolute Gasteiger partial charge is 0.497 e. The average Bonchev–Trinajstić information content (AvgIpc) is 3.34. The van der Waals surface area contributed by atoms with Crippen molar-refractivity contribution in [2.24, 2.45) is 0 Å². The van der Waals surface area contributed by atoms with Crippen LogP contribution in [0.25, 0.3) is 0 Å². The summed E-state index contributed by atoms with van der Waals surface area (Å²) >= 11 is 1.43. The fourth-order valence-electron chi connectivity index (χ4n) is 3.87. The van der Waals surface area contributed by atoms with Gasteiger partial charge in [-0.2, -0.15) is 0 Å². The second-order valence-corrected chi connectivity index (χ2v) is 9.67. The van der Waals surface area contributed by atoms with Gasteiger partial charge in [-0.25, -0.2) is 4.98 Å². The zero-order valence-electron chi connectivity index (χ0n) is 20.0. The molecule has 2 heterocycles. The smallest absolute Gasteiger partial charge is 0.257 e. The number of amides is 1. The molecule has 1 aliphatic heterocycles. The first-order valence-corrected chi connectivity index (χ1v) is 12.4. The van der Waals surface area contributed by atoms with Gasteiger partial charge in [0, 0.05) is 49.1 Å². The first-order valence-electron chi connectivity index (χ1n) is 11.5. The van der Waals surface area contributed by atoms with Gasteiger partial charge in [-0.1, -0.05) is 26.0 Å². The molecule has 0 bridgehead atoms. The highest BCUT2D eigenvalue weighted by Crippen LogP contribution is 2.34. The number of carbonyl (C=O) groups excluding carboxylic acids is 1. The Labute approximate surface area is 205 Å². The lowest BCUT2D eigenvalue weighted by Crippen LogP contribution is -2.44. The second-order valence-electron chi connectivity index (χ2n) is 8.81. The maximum Gasteiger partial charge on any atom is 0.257 e. The van der Waals surface area contributed by atoms with Crippen molar-refractivity contribution >= 4 is 22.4 Å². The Morgan fingerprint density at radius 1 is 1.09 bits per heavy atom. The van der Waals surface area contributed by atoms with Crippen molar-refractivity contribution < 1.29 is 14.3 Å². The standard InChI is InChI=1S/C26H32N4O3S/c1-26(2,20-6-10-21(32-3)11-7-20)23-18-34-25(28-23)29-24(31)19-4-8-22(9-5-19)33-17-16-30-14-12-27-13-15-30/h4-11,18,27H,12-17H2,1-3H3,(H,28,29,31). The summed E-state index contributed by atoms with van der Waals surface area (Å²) in [6.07, 6.45) is 0. The van der Waals surface area contributed by atoms with E-state index >= 15 is 0 Å². The molecule has 1 fully saturated rings. The highest BCUT2D eigenvalue weighted by atomic mass is 32.1. The molecule has 0 atom stereocenters. The van der Waals surface area contributed by atoms with E-state index < -0.39 is 0 Å². The Morgan fingerprint density at radius 2 is 1.76 bits per heavy atom. The molecule has 1 aliphatic rings. The fraction of sp³-hybridized carbons (Fsp3) is 0.385. The minimum atomic E-state index is -0.296. The molecule has 0 unspecified atom stereocenters. The average molecular weight is 481 g/mol. The Hall–Kier alpha value is -2.94. The van der Waals surface area contributed by atoms with E-state index in [1.165, 1.54) is 11.3 Å². The van der Waals surface area contributed by atoms with E-state index in [0.29, 0.717) is 17.3 Å². The van der Waals surface area contributed by atoms with Crippen LogP contribution >= 0.6 is 11.3 Å². The van der Waals surface area contributed by atoms with Gasteiger partial charge in [-0.05, 0) is 42.0 Å². The topological polar surface area (TPSA) is 75.7 Å². The SMILES string of the molecule is COc1ccc(C(C)(C)c2csc(NC(=O)c3ccc(OCCN4CCNCC4)cc3)n2)cc1. The van der Waals surface area contributed by atoms with Gasteiger partial charge in [0.1, 0.15) is 18.1 Å². The van der Waals surface area contributed by atoms with E-state index in [2.05, 4.69) is 29.4 Å². The maximum absolute atomic E-state index is 12.7. The van der Waals surface area contributed by atoms with Crippen LogP contribution in [0.5, 0.6) is 11.5 Å². The van der Waals surface area contributed by atoms with Crippen molar-refractivity contribution in [1.82, 2.24) is 15.2 Å². The summed E-state index contributed by atoms with van der Waals surface area (Å²) in [5, 5.41) is 8.85. The van der Waals surface area contributed by atoms with Gasteiger partial charge < -0.3 is 14.8 Å². The Kier molecular flexibility index (Phi) is 7.82.